The van der Waals surface area contributed by atoms with Crippen LogP contribution in [0, 0.1) is 13.8 Å². The van der Waals surface area contributed by atoms with E-state index < -0.39 is 0 Å². The first-order valence-corrected chi connectivity index (χ1v) is 6.92. The molecular formula is C16H21N3O. The molecule has 2 aromatic rings. The first kappa shape index (κ1) is 14.3. The van der Waals surface area contributed by atoms with Gasteiger partial charge in [-0.05, 0) is 32.8 Å². The predicted octanol–water partition coefficient (Wildman–Crippen LogP) is 2.49. The Hall–Kier alpha value is -2.10. The lowest BCUT2D eigenvalue weighted by Crippen LogP contribution is -2.30. The van der Waals surface area contributed by atoms with Crippen LogP contribution in [0.5, 0.6) is 0 Å². The van der Waals surface area contributed by atoms with Crippen LogP contribution in [-0.2, 0) is 11.2 Å². The number of amides is 1. The Bertz CT molecular complexity index is 555. The SMILES string of the molecule is Cc1n[nH]c(C)c1[C@H](C)C(=O)NCCc1ccccc1. The van der Waals surface area contributed by atoms with Crippen molar-refractivity contribution >= 4 is 5.91 Å². The average molecular weight is 271 g/mol. The molecular weight excluding hydrogens is 250 g/mol. The molecule has 1 amide bonds. The number of carbonyl (C=O) groups is 1. The Morgan fingerprint density at radius 2 is 2.00 bits per heavy atom. The molecule has 106 valence electrons. The minimum atomic E-state index is -0.176. The number of aryl methyl sites for hydroxylation is 2. The summed E-state index contributed by atoms with van der Waals surface area (Å²) in [6.07, 6.45) is 0.850. The minimum absolute atomic E-state index is 0.0496. The summed E-state index contributed by atoms with van der Waals surface area (Å²) in [5.41, 5.74) is 4.10. The molecule has 0 aliphatic heterocycles. The number of H-pyrrole nitrogens is 1. The third-order valence-electron chi connectivity index (χ3n) is 3.57. The van der Waals surface area contributed by atoms with Crippen molar-refractivity contribution < 1.29 is 4.79 Å². The van der Waals surface area contributed by atoms with E-state index >= 15 is 0 Å². The van der Waals surface area contributed by atoms with E-state index in [0.717, 1.165) is 23.4 Å². The minimum Gasteiger partial charge on any atom is -0.355 e. The highest BCUT2D eigenvalue weighted by molar-refractivity contribution is 5.83. The van der Waals surface area contributed by atoms with Gasteiger partial charge >= 0.3 is 0 Å². The molecule has 20 heavy (non-hydrogen) atoms. The van der Waals surface area contributed by atoms with E-state index in [-0.39, 0.29) is 11.8 Å². The molecule has 0 bridgehead atoms. The van der Waals surface area contributed by atoms with Crippen molar-refractivity contribution in [3.63, 3.8) is 0 Å². The van der Waals surface area contributed by atoms with E-state index in [1.165, 1.54) is 5.56 Å². The summed E-state index contributed by atoms with van der Waals surface area (Å²) in [4.78, 5) is 12.2. The Morgan fingerprint density at radius 1 is 1.30 bits per heavy atom. The number of nitrogens with one attached hydrogen (secondary N) is 2. The lowest BCUT2D eigenvalue weighted by atomic mass is 9.98. The fourth-order valence-corrected chi connectivity index (χ4v) is 2.46. The summed E-state index contributed by atoms with van der Waals surface area (Å²) >= 11 is 0. The molecule has 0 spiro atoms. The first-order chi connectivity index (χ1) is 9.59. The second-order valence-electron chi connectivity index (χ2n) is 5.10. The topological polar surface area (TPSA) is 57.8 Å². The smallest absolute Gasteiger partial charge is 0.227 e. The van der Waals surface area contributed by atoms with E-state index in [4.69, 9.17) is 0 Å². The van der Waals surface area contributed by atoms with Crippen molar-refractivity contribution in [3.8, 4) is 0 Å². The van der Waals surface area contributed by atoms with E-state index in [1.807, 2.05) is 39.0 Å². The average Bonchev–Trinajstić information content (AvgIpc) is 2.78. The molecule has 0 saturated carbocycles. The maximum atomic E-state index is 12.2. The van der Waals surface area contributed by atoms with Crippen LogP contribution in [-0.4, -0.2) is 22.6 Å². The van der Waals surface area contributed by atoms with Crippen molar-refractivity contribution in [3.05, 3.63) is 52.8 Å². The molecule has 4 heteroatoms. The van der Waals surface area contributed by atoms with Crippen LogP contribution in [0.25, 0.3) is 0 Å². The molecule has 0 saturated heterocycles. The summed E-state index contributed by atoms with van der Waals surface area (Å²) in [6.45, 7) is 6.45. The number of hydrogen-bond acceptors (Lipinski definition) is 2. The molecule has 2 rings (SSSR count). The van der Waals surface area contributed by atoms with Crippen LogP contribution in [0.1, 0.15) is 35.4 Å². The van der Waals surface area contributed by atoms with Gasteiger partial charge in [-0.3, -0.25) is 9.89 Å². The molecule has 0 aliphatic carbocycles. The molecule has 1 heterocycles. The summed E-state index contributed by atoms with van der Waals surface area (Å²) < 4.78 is 0. The van der Waals surface area contributed by atoms with Gasteiger partial charge in [-0.2, -0.15) is 5.10 Å². The van der Waals surface area contributed by atoms with Gasteiger partial charge in [-0.1, -0.05) is 30.3 Å². The lowest BCUT2D eigenvalue weighted by molar-refractivity contribution is -0.122. The fraction of sp³-hybridized carbons (Fsp3) is 0.375. The van der Waals surface area contributed by atoms with Gasteiger partial charge in [0.1, 0.15) is 0 Å². The number of rotatable bonds is 5. The van der Waals surface area contributed by atoms with Crippen molar-refractivity contribution in [1.29, 1.82) is 0 Å². The van der Waals surface area contributed by atoms with Crippen LogP contribution in [0.15, 0.2) is 30.3 Å². The zero-order valence-corrected chi connectivity index (χ0v) is 12.2. The van der Waals surface area contributed by atoms with Crippen LogP contribution in [0.4, 0.5) is 0 Å². The van der Waals surface area contributed by atoms with Crippen LogP contribution in [0.3, 0.4) is 0 Å². The third-order valence-corrected chi connectivity index (χ3v) is 3.57. The molecule has 0 radical (unpaired) electrons. The van der Waals surface area contributed by atoms with E-state index in [0.29, 0.717) is 6.54 Å². The van der Waals surface area contributed by atoms with Gasteiger partial charge in [0.15, 0.2) is 0 Å². The molecule has 1 aromatic carbocycles. The summed E-state index contributed by atoms with van der Waals surface area (Å²) in [7, 11) is 0. The normalized spacial score (nSPS) is 12.2. The monoisotopic (exact) mass is 271 g/mol. The number of aromatic amines is 1. The zero-order valence-electron chi connectivity index (χ0n) is 12.2. The second kappa shape index (κ2) is 6.37. The number of hydrogen-bond donors (Lipinski definition) is 2. The standard InChI is InChI=1S/C16H21N3O/c1-11(15-12(2)18-19-13(15)3)16(20)17-10-9-14-7-5-4-6-8-14/h4-8,11H,9-10H2,1-3H3,(H,17,20)(H,18,19)/t11-/m0/s1. The van der Waals surface area contributed by atoms with Crippen LogP contribution >= 0.6 is 0 Å². The van der Waals surface area contributed by atoms with Crippen molar-refractivity contribution in [2.24, 2.45) is 0 Å². The second-order valence-corrected chi connectivity index (χ2v) is 5.10. The predicted molar refractivity (Wildman–Crippen MR) is 79.6 cm³/mol. The van der Waals surface area contributed by atoms with Crippen molar-refractivity contribution in [2.75, 3.05) is 6.54 Å². The highest BCUT2D eigenvalue weighted by Gasteiger charge is 2.20. The van der Waals surface area contributed by atoms with Crippen LogP contribution in [0.2, 0.25) is 0 Å². The Balaban J connectivity index is 1.89. The van der Waals surface area contributed by atoms with Gasteiger partial charge in [-0.15, -0.1) is 0 Å². The van der Waals surface area contributed by atoms with Gasteiger partial charge in [0.25, 0.3) is 0 Å². The number of nitrogens with zero attached hydrogens (tertiary/aromatic N) is 1. The maximum absolute atomic E-state index is 12.2. The lowest BCUT2D eigenvalue weighted by Gasteiger charge is -2.12. The summed E-state index contributed by atoms with van der Waals surface area (Å²) in [5, 5.41) is 10.1. The molecule has 2 N–H and O–H groups in total. The molecule has 1 atom stereocenters. The van der Waals surface area contributed by atoms with Crippen LogP contribution < -0.4 is 5.32 Å². The molecule has 1 aromatic heterocycles. The van der Waals surface area contributed by atoms with Gasteiger partial charge < -0.3 is 5.32 Å². The molecule has 0 fully saturated rings. The van der Waals surface area contributed by atoms with E-state index in [9.17, 15) is 4.79 Å². The molecule has 0 unspecified atom stereocenters. The first-order valence-electron chi connectivity index (χ1n) is 6.92. The Labute approximate surface area is 119 Å². The number of benzene rings is 1. The quantitative estimate of drug-likeness (QED) is 0.877. The summed E-state index contributed by atoms with van der Waals surface area (Å²) in [6, 6.07) is 10.2. The van der Waals surface area contributed by atoms with Gasteiger partial charge in [-0.25, -0.2) is 0 Å². The molecule has 4 nitrogen and oxygen atoms in total. The third kappa shape index (κ3) is 3.26. The molecule has 0 aliphatic rings. The van der Waals surface area contributed by atoms with Crippen molar-refractivity contribution in [1.82, 2.24) is 15.5 Å². The fourth-order valence-electron chi connectivity index (χ4n) is 2.46. The Kier molecular flexibility index (Phi) is 4.56. The van der Waals surface area contributed by atoms with Gasteiger partial charge in [0, 0.05) is 17.8 Å². The maximum Gasteiger partial charge on any atom is 0.227 e. The van der Waals surface area contributed by atoms with Crippen molar-refractivity contribution in [2.45, 2.75) is 33.1 Å². The number of aromatic nitrogens is 2. The Morgan fingerprint density at radius 3 is 2.60 bits per heavy atom. The highest BCUT2D eigenvalue weighted by Crippen LogP contribution is 2.21. The van der Waals surface area contributed by atoms with E-state index in [2.05, 4.69) is 27.6 Å². The largest absolute Gasteiger partial charge is 0.355 e. The zero-order chi connectivity index (χ0) is 14.5. The number of carbonyl (C=O) groups excluding carboxylic acids is 1. The summed E-state index contributed by atoms with van der Waals surface area (Å²) in [5.74, 6) is -0.127. The van der Waals surface area contributed by atoms with Gasteiger partial charge in [0.05, 0.1) is 11.6 Å². The van der Waals surface area contributed by atoms with E-state index in [1.54, 1.807) is 0 Å². The highest BCUT2D eigenvalue weighted by atomic mass is 16.1. The van der Waals surface area contributed by atoms with Gasteiger partial charge in [0.2, 0.25) is 5.91 Å².